The van der Waals surface area contributed by atoms with Crippen LogP contribution in [0.4, 0.5) is 0 Å². The van der Waals surface area contributed by atoms with Gasteiger partial charge in [-0.3, -0.25) is 0 Å². The van der Waals surface area contributed by atoms with Gasteiger partial charge in [-0.15, -0.1) is 0 Å². The fraction of sp³-hybridized carbons (Fsp3) is 0. The van der Waals surface area contributed by atoms with E-state index in [0.717, 1.165) is 0 Å². The Morgan fingerprint density at radius 3 is 2.00 bits per heavy atom. The summed E-state index contributed by atoms with van der Waals surface area (Å²) in [6.07, 6.45) is 0. The zero-order valence-electron chi connectivity index (χ0n) is 9.29. The van der Waals surface area contributed by atoms with Gasteiger partial charge in [0.1, 0.15) is 5.75 Å². The highest BCUT2D eigenvalue weighted by atomic mass is 35.5. The van der Waals surface area contributed by atoms with Crippen LogP contribution >= 0.6 is 46.4 Å². The zero-order chi connectivity index (χ0) is 14.0. The molecule has 98 valence electrons. The van der Waals surface area contributed by atoms with E-state index in [1.165, 1.54) is 24.3 Å². The molecule has 0 heterocycles. The van der Waals surface area contributed by atoms with Gasteiger partial charge >= 0.3 is 5.97 Å². The van der Waals surface area contributed by atoms with Crippen molar-refractivity contribution < 1.29 is 9.53 Å². The molecule has 0 saturated carbocycles. The van der Waals surface area contributed by atoms with E-state index in [2.05, 4.69) is 0 Å². The van der Waals surface area contributed by atoms with Crippen LogP contribution < -0.4 is 4.74 Å². The minimum absolute atomic E-state index is 0.206. The molecule has 0 saturated heterocycles. The Morgan fingerprint density at radius 2 is 1.42 bits per heavy atom. The molecule has 0 aliphatic heterocycles. The monoisotopic (exact) mass is 334 g/mol. The van der Waals surface area contributed by atoms with E-state index >= 15 is 0 Å². The highest BCUT2D eigenvalue weighted by molar-refractivity contribution is 6.37. The second-order valence-corrected chi connectivity index (χ2v) is 5.28. The lowest BCUT2D eigenvalue weighted by atomic mass is 10.2. The quantitative estimate of drug-likeness (QED) is 0.533. The maximum absolute atomic E-state index is 11.9. The summed E-state index contributed by atoms with van der Waals surface area (Å²) in [6.45, 7) is 0. The molecular formula is C13H6Cl4O2. The van der Waals surface area contributed by atoms with Gasteiger partial charge in [-0.25, -0.2) is 4.79 Å². The molecule has 2 aromatic carbocycles. The number of carbonyl (C=O) groups is 1. The lowest BCUT2D eigenvalue weighted by Gasteiger charge is -2.07. The van der Waals surface area contributed by atoms with E-state index in [1.807, 2.05) is 0 Å². The van der Waals surface area contributed by atoms with Gasteiger partial charge in [0.25, 0.3) is 0 Å². The molecule has 0 N–H and O–H groups in total. The molecule has 2 rings (SSSR count). The van der Waals surface area contributed by atoms with E-state index < -0.39 is 5.97 Å². The van der Waals surface area contributed by atoms with Gasteiger partial charge in [-0.2, -0.15) is 0 Å². The molecule has 0 fully saturated rings. The van der Waals surface area contributed by atoms with Gasteiger partial charge in [0.15, 0.2) is 0 Å². The Bertz CT molecular complexity index is 641. The largest absolute Gasteiger partial charge is 0.421 e. The van der Waals surface area contributed by atoms with Crippen LogP contribution in [0.15, 0.2) is 36.4 Å². The predicted octanol–water partition coefficient (Wildman–Crippen LogP) is 5.52. The Morgan fingerprint density at radius 1 is 0.842 bits per heavy atom. The van der Waals surface area contributed by atoms with Crippen molar-refractivity contribution in [2.45, 2.75) is 0 Å². The molecule has 0 aliphatic rings. The summed E-state index contributed by atoms with van der Waals surface area (Å²) >= 11 is 23.3. The van der Waals surface area contributed by atoms with Crippen LogP contribution in [0.5, 0.6) is 5.75 Å². The SMILES string of the molecule is O=C(Oc1ccc(Cl)cc1Cl)c1ccc(Cl)cc1Cl. The lowest BCUT2D eigenvalue weighted by Crippen LogP contribution is -2.09. The first-order chi connectivity index (χ1) is 8.97. The van der Waals surface area contributed by atoms with E-state index in [0.29, 0.717) is 10.0 Å². The Labute approximate surface area is 129 Å². The van der Waals surface area contributed by atoms with Gasteiger partial charge in [0.05, 0.1) is 15.6 Å². The molecular weight excluding hydrogens is 330 g/mol. The summed E-state index contributed by atoms with van der Waals surface area (Å²) < 4.78 is 5.15. The Kier molecular flexibility index (Phi) is 4.58. The normalized spacial score (nSPS) is 10.3. The topological polar surface area (TPSA) is 26.3 Å². The number of ether oxygens (including phenoxy) is 1. The van der Waals surface area contributed by atoms with Crippen LogP contribution in [0.2, 0.25) is 20.1 Å². The Hall–Kier alpha value is -0.930. The third-order valence-electron chi connectivity index (χ3n) is 2.25. The standard InChI is InChI=1S/C13H6Cl4O2/c14-7-1-3-9(10(16)5-7)13(18)19-12-4-2-8(15)6-11(12)17/h1-6H. The molecule has 6 heteroatoms. The highest BCUT2D eigenvalue weighted by Gasteiger charge is 2.15. The number of halogens is 4. The number of hydrogen-bond donors (Lipinski definition) is 0. The lowest BCUT2D eigenvalue weighted by molar-refractivity contribution is 0.0735. The molecule has 0 aliphatic carbocycles. The number of benzene rings is 2. The second-order valence-electron chi connectivity index (χ2n) is 3.59. The molecule has 19 heavy (non-hydrogen) atoms. The molecule has 0 radical (unpaired) electrons. The maximum atomic E-state index is 11.9. The minimum atomic E-state index is -0.620. The fourth-order valence-electron chi connectivity index (χ4n) is 1.37. The van der Waals surface area contributed by atoms with Gasteiger partial charge in [-0.1, -0.05) is 46.4 Å². The first-order valence-electron chi connectivity index (χ1n) is 5.09. The summed E-state index contributed by atoms with van der Waals surface area (Å²) in [6, 6.07) is 9.05. The first kappa shape index (κ1) is 14.5. The summed E-state index contributed by atoms with van der Waals surface area (Å²) in [5.41, 5.74) is 0.206. The van der Waals surface area contributed by atoms with Crippen LogP contribution in [0.3, 0.4) is 0 Å². The second kappa shape index (κ2) is 6.02. The molecule has 0 aromatic heterocycles. The molecule has 0 amide bonds. The van der Waals surface area contributed by atoms with Crippen molar-refractivity contribution >= 4 is 52.4 Å². The highest BCUT2D eigenvalue weighted by Crippen LogP contribution is 2.29. The molecule has 0 spiro atoms. The van der Waals surface area contributed by atoms with Crippen molar-refractivity contribution in [2.24, 2.45) is 0 Å². The van der Waals surface area contributed by atoms with Crippen molar-refractivity contribution in [1.82, 2.24) is 0 Å². The summed E-state index contributed by atoms with van der Waals surface area (Å²) in [4.78, 5) is 11.9. The van der Waals surface area contributed by atoms with Crippen LogP contribution in [0, 0.1) is 0 Å². The van der Waals surface area contributed by atoms with Crippen LogP contribution in [-0.4, -0.2) is 5.97 Å². The smallest absolute Gasteiger partial charge is 0.345 e. The van der Waals surface area contributed by atoms with E-state index in [4.69, 9.17) is 51.1 Å². The van der Waals surface area contributed by atoms with E-state index in [1.54, 1.807) is 12.1 Å². The summed E-state index contributed by atoms with van der Waals surface area (Å²) in [7, 11) is 0. The number of esters is 1. The molecule has 0 bridgehead atoms. The third kappa shape index (κ3) is 3.54. The molecule has 2 nitrogen and oxygen atoms in total. The van der Waals surface area contributed by atoms with Gasteiger partial charge in [0.2, 0.25) is 0 Å². The van der Waals surface area contributed by atoms with Crippen molar-refractivity contribution in [3.63, 3.8) is 0 Å². The third-order valence-corrected chi connectivity index (χ3v) is 3.33. The average Bonchev–Trinajstić information content (AvgIpc) is 2.32. The van der Waals surface area contributed by atoms with Crippen LogP contribution in [-0.2, 0) is 0 Å². The number of hydrogen-bond acceptors (Lipinski definition) is 2. The Balaban J connectivity index is 2.25. The van der Waals surface area contributed by atoms with Crippen LogP contribution in [0.1, 0.15) is 10.4 Å². The zero-order valence-corrected chi connectivity index (χ0v) is 12.3. The van der Waals surface area contributed by atoms with Crippen molar-refractivity contribution in [3.05, 3.63) is 62.1 Å². The molecule has 2 aromatic rings. The van der Waals surface area contributed by atoms with Crippen LogP contribution in [0.25, 0.3) is 0 Å². The van der Waals surface area contributed by atoms with E-state index in [-0.39, 0.29) is 21.4 Å². The van der Waals surface area contributed by atoms with Crippen molar-refractivity contribution in [3.8, 4) is 5.75 Å². The summed E-state index contributed by atoms with van der Waals surface area (Å²) in [5, 5.41) is 1.34. The fourth-order valence-corrected chi connectivity index (χ4v) is 2.30. The maximum Gasteiger partial charge on any atom is 0.345 e. The predicted molar refractivity (Wildman–Crippen MR) is 77.9 cm³/mol. The summed E-state index contributed by atoms with van der Waals surface area (Å²) in [5.74, 6) is -0.409. The van der Waals surface area contributed by atoms with Gasteiger partial charge in [-0.05, 0) is 36.4 Å². The minimum Gasteiger partial charge on any atom is -0.421 e. The van der Waals surface area contributed by atoms with E-state index in [9.17, 15) is 4.79 Å². The van der Waals surface area contributed by atoms with Crippen molar-refractivity contribution in [2.75, 3.05) is 0 Å². The van der Waals surface area contributed by atoms with Crippen molar-refractivity contribution in [1.29, 1.82) is 0 Å². The molecule has 0 atom stereocenters. The number of rotatable bonds is 2. The van der Waals surface area contributed by atoms with Gasteiger partial charge < -0.3 is 4.74 Å². The van der Waals surface area contributed by atoms with Gasteiger partial charge in [0, 0.05) is 10.0 Å². The average molecular weight is 336 g/mol. The molecule has 0 unspecified atom stereocenters. The first-order valence-corrected chi connectivity index (χ1v) is 6.61. The number of carbonyl (C=O) groups excluding carboxylic acids is 1.